The van der Waals surface area contributed by atoms with Crippen LogP contribution in [0.25, 0.3) is 0 Å². The molecule has 0 unspecified atom stereocenters. The molecule has 0 radical (unpaired) electrons. The summed E-state index contributed by atoms with van der Waals surface area (Å²) >= 11 is 5.86. The van der Waals surface area contributed by atoms with Gasteiger partial charge in [0.1, 0.15) is 5.75 Å². The molecule has 0 fully saturated rings. The molecule has 20 heavy (non-hydrogen) atoms. The van der Waals surface area contributed by atoms with Gasteiger partial charge in [0, 0.05) is 6.20 Å². The summed E-state index contributed by atoms with van der Waals surface area (Å²) in [7, 11) is -2.37. The average molecular weight is 314 g/mol. The van der Waals surface area contributed by atoms with Crippen molar-refractivity contribution < 1.29 is 13.2 Å². The smallest absolute Gasteiger partial charge is 0.263 e. The Bertz CT molecular complexity index is 734. The Labute approximate surface area is 121 Å². The molecule has 6 nitrogen and oxygen atoms in total. The fourth-order valence-corrected chi connectivity index (χ4v) is 2.82. The van der Waals surface area contributed by atoms with E-state index in [1.165, 1.54) is 37.6 Å². The summed E-state index contributed by atoms with van der Waals surface area (Å²) in [4.78, 5) is 3.86. The first-order chi connectivity index (χ1) is 9.44. The summed E-state index contributed by atoms with van der Waals surface area (Å²) in [5.41, 5.74) is 5.92. The van der Waals surface area contributed by atoms with Crippen molar-refractivity contribution in [1.29, 1.82) is 0 Å². The van der Waals surface area contributed by atoms with Crippen molar-refractivity contribution in [3.05, 3.63) is 41.6 Å². The predicted octanol–water partition coefficient (Wildman–Crippen LogP) is 2.13. The number of benzene rings is 1. The molecule has 0 aliphatic rings. The first-order valence-corrected chi connectivity index (χ1v) is 7.37. The fraction of sp³-hybridized carbons (Fsp3) is 0.0833. The van der Waals surface area contributed by atoms with Crippen LogP contribution in [0.1, 0.15) is 0 Å². The Balaban J connectivity index is 2.36. The molecule has 0 aliphatic heterocycles. The third-order valence-corrected chi connectivity index (χ3v) is 4.14. The van der Waals surface area contributed by atoms with Crippen molar-refractivity contribution in [2.45, 2.75) is 4.90 Å². The number of nitrogens with zero attached hydrogens (tertiary/aromatic N) is 1. The molecule has 0 saturated carbocycles. The third kappa shape index (κ3) is 2.94. The highest BCUT2D eigenvalue weighted by Gasteiger charge is 2.17. The number of hydrogen-bond donors (Lipinski definition) is 2. The standard InChI is InChI=1S/C12H12ClN3O3S/c1-19-11-5-4-8(7-10(11)14)20(17,18)16-12-9(13)3-2-6-15-12/h2-7H,14H2,1H3,(H,15,16). The Morgan fingerprint density at radius 2 is 2.10 bits per heavy atom. The number of pyridine rings is 1. The number of methoxy groups -OCH3 is 1. The van der Waals surface area contributed by atoms with E-state index in [0.29, 0.717) is 5.75 Å². The fourth-order valence-electron chi connectivity index (χ4n) is 1.53. The molecule has 1 aromatic carbocycles. The van der Waals surface area contributed by atoms with Crippen LogP contribution in [0.2, 0.25) is 5.02 Å². The van der Waals surface area contributed by atoms with Gasteiger partial charge in [0.15, 0.2) is 5.82 Å². The molecule has 3 N–H and O–H groups in total. The van der Waals surface area contributed by atoms with Crippen LogP contribution < -0.4 is 15.2 Å². The van der Waals surface area contributed by atoms with Crippen LogP contribution in [-0.4, -0.2) is 20.5 Å². The molecule has 0 bridgehead atoms. The van der Waals surface area contributed by atoms with Gasteiger partial charge >= 0.3 is 0 Å². The van der Waals surface area contributed by atoms with E-state index in [-0.39, 0.29) is 21.4 Å². The number of sulfonamides is 1. The number of nitrogens with two attached hydrogens (primary N) is 1. The van der Waals surface area contributed by atoms with Crippen LogP contribution in [0.5, 0.6) is 5.75 Å². The molecular formula is C12H12ClN3O3S. The van der Waals surface area contributed by atoms with Crippen molar-refractivity contribution in [2.24, 2.45) is 0 Å². The van der Waals surface area contributed by atoms with Crippen molar-refractivity contribution in [1.82, 2.24) is 4.98 Å². The van der Waals surface area contributed by atoms with E-state index in [9.17, 15) is 8.42 Å². The predicted molar refractivity (Wildman–Crippen MR) is 77.5 cm³/mol. The first-order valence-electron chi connectivity index (χ1n) is 5.51. The summed E-state index contributed by atoms with van der Waals surface area (Å²) in [6.45, 7) is 0. The Kier molecular flexibility index (Phi) is 4.01. The second-order valence-corrected chi connectivity index (χ2v) is 5.93. The Hall–Kier alpha value is -1.99. The second kappa shape index (κ2) is 5.56. The van der Waals surface area contributed by atoms with Gasteiger partial charge in [-0.05, 0) is 30.3 Å². The van der Waals surface area contributed by atoms with E-state index in [1.807, 2.05) is 0 Å². The average Bonchev–Trinajstić information content (AvgIpc) is 2.41. The zero-order valence-corrected chi connectivity index (χ0v) is 12.1. The molecule has 106 valence electrons. The molecule has 2 rings (SSSR count). The molecule has 1 aromatic heterocycles. The lowest BCUT2D eigenvalue weighted by Crippen LogP contribution is -2.14. The lowest BCUT2D eigenvalue weighted by molar-refractivity contribution is 0.416. The topological polar surface area (TPSA) is 94.3 Å². The van der Waals surface area contributed by atoms with Crippen molar-refractivity contribution >= 4 is 33.1 Å². The summed E-state index contributed by atoms with van der Waals surface area (Å²) in [6.07, 6.45) is 1.44. The van der Waals surface area contributed by atoms with Gasteiger partial charge < -0.3 is 10.5 Å². The number of anilines is 2. The summed E-state index contributed by atoms with van der Waals surface area (Å²) in [6, 6.07) is 7.30. The summed E-state index contributed by atoms with van der Waals surface area (Å²) in [5.74, 6) is 0.461. The van der Waals surface area contributed by atoms with E-state index < -0.39 is 10.0 Å². The maximum atomic E-state index is 12.2. The third-order valence-electron chi connectivity index (χ3n) is 2.50. The maximum Gasteiger partial charge on any atom is 0.263 e. The van der Waals surface area contributed by atoms with Gasteiger partial charge in [-0.3, -0.25) is 4.72 Å². The molecule has 2 aromatic rings. The number of aromatic nitrogens is 1. The zero-order valence-electron chi connectivity index (χ0n) is 10.5. The first kappa shape index (κ1) is 14.4. The molecule has 1 heterocycles. The summed E-state index contributed by atoms with van der Waals surface area (Å²) in [5, 5.41) is 0.206. The van der Waals surface area contributed by atoms with Crippen LogP contribution in [0.3, 0.4) is 0 Å². The van der Waals surface area contributed by atoms with Gasteiger partial charge in [-0.25, -0.2) is 13.4 Å². The molecule has 0 aliphatic carbocycles. The highest BCUT2D eigenvalue weighted by atomic mass is 35.5. The molecule has 0 amide bonds. The minimum Gasteiger partial charge on any atom is -0.495 e. The SMILES string of the molecule is COc1ccc(S(=O)(=O)Nc2ncccc2Cl)cc1N. The van der Waals surface area contributed by atoms with E-state index in [1.54, 1.807) is 6.07 Å². The molecular weight excluding hydrogens is 302 g/mol. The molecule has 0 atom stereocenters. The van der Waals surface area contributed by atoms with Gasteiger partial charge in [-0.1, -0.05) is 11.6 Å². The van der Waals surface area contributed by atoms with Gasteiger partial charge in [-0.2, -0.15) is 0 Å². The Morgan fingerprint density at radius 1 is 1.35 bits per heavy atom. The second-order valence-electron chi connectivity index (χ2n) is 3.84. The van der Waals surface area contributed by atoms with Crippen LogP contribution in [0, 0.1) is 0 Å². The summed E-state index contributed by atoms with van der Waals surface area (Å²) < 4.78 is 31.7. The number of hydrogen-bond acceptors (Lipinski definition) is 5. The molecule has 0 saturated heterocycles. The van der Waals surface area contributed by atoms with Gasteiger partial charge in [0.05, 0.1) is 22.7 Å². The van der Waals surface area contributed by atoms with Crippen LogP contribution in [0.4, 0.5) is 11.5 Å². The maximum absolute atomic E-state index is 12.2. The number of rotatable bonds is 4. The van der Waals surface area contributed by atoms with Gasteiger partial charge in [-0.15, -0.1) is 0 Å². The largest absolute Gasteiger partial charge is 0.495 e. The highest BCUT2D eigenvalue weighted by Crippen LogP contribution is 2.26. The van der Waals surface area contributed by atoms with E-state index in [2.05, 4.69) is 9.71 Å². The number of ether oxygens (including phenoxy) is 1. The lowest BCUT2D eigenvalue weighted by Gasteiger charge is -2.10. The highest BCUT2D eigenvalue weighted by molar-refractivity contribution is 7.92. The molecule has 0 spiro atoms. The monoisotopic (exact) mass is 313 g/mol. The van der Waals surface area contributed by atoms with Crippen molar-refractivity contribution in [3.8, 4) is 5.75 Å². The quantitative estimate of drug-likeness (QED) is 0.843. The van der Waals surface area contributed by atoms with Gasteiger partial charge in [0.2, 0.25) is 0 Å². The van der Waals surface area contributed by atoms with Crippen LogP contribution >= 0.6 is 11.6 Å². The van der Waals surface area contributed by atoms with Crippen molar-refractivity contribution in [3.63, 3.8) is 0 Å². The van der Waals surface area contributed by atoms with E-state index in [4.69, 9.17) is 22.1 Å². The number of nitrogen functional groups attached to an aromatic ring is 1. The number of nitrogens with one attached hydrogen (secondary N) is 1. The van der Waals surface area contributed by atoms with Crippen LogP contribution in [0.15, 0.2) is 41.4 Å². The van der Waals surface area contributed by atoms with Crippen LogP contribution in [-0.2, 0) is 10.0 Å². The minimum absolute atomic E-state index is 0.00230. The van der Waals surface area contributed by atoms with E-state index in [0.717, 1.165) is 0 Å². The number of halogens is 1. The minimum atomic E-state index is -3.82. The zero-order chi connectivity index (χ0) is 14.8. The normalized spacial score (nSPS) is 11.1. The Morgan fingerprint density at radius 3 is 2.70 bits per heavy atom. The van der Waals surface area contributed by atoms with Gasteiger partial charge in [0.25, 0.3) is 10.0 Å². The van der Waals surface area contributed by atoms with E-state index >= 15 is 0 Å². The van der Waals surface area contributed by atoms with Crippen molar-refractivity contribution in [2.75, 3.05) is 17.6 Å². The lowest BCUT2D eigenvalue weighted by atomic mass is 10.3. The molecule has 8 heteroatoms.